The highest BCUT2D eigenvalue weighted by Crippen LogP contribution is 2.15. The van der Waals surface area contributed by atoms with Gasteiger partial charge in [-0.15, -0.1) is 5.10 Å². The zero-order chi connectivity index (χ0) is 17.2. The zero-order valence-corrected chi connectivity index (χ0v) is 14.0. The number of ether oxygens (including phenoxy) is 1. The number of esters is 1. The van der Waals surface area contributed by atoms with Gasteiger partial charge in [0.15, 0.2) is 0 Å². The molecule has 1 amide bonds. The Hall–Kier alpha value is -2.51. The van der Waals surface area contributed by atoms with Gasteiger partial charge < -0.3 is 10.1 Å². The third kappa shape index (κ3) is 3.30. The fourth-order valence-corrected chi connectivity index (χ4v) is 2.51. The summed E-state index contributed by atoms with van der Waals surface area (Å²) in [6.45, 7) is 7.25. The lowest BCUT2D eigenvalue weighted by Crippen LogP contribution is -2.53. The van der Waals surface area contributed by atoms with E-state index in [-0.39, 0.29) is 5.82 Å². The molecule has 1 N–H and O–H groups in total. The lowest BCUT2D eigenvalue weighted by Gasteiger charge is -2.26. The van der Waals surface area contributed by atoms with Crippen molar-refractivity contribution in [1.29, 1.82) is 0 Å². The molecule has 0 saturated heterocycles. The Kier molecular flexibility index (Phi) is 4.63. The Morgan fingerprint density at radius 1 is 1.35 bits per heavy atom. The SMILES string of the molecule is CCCC(C)(NC(=O)c1nc2nc(C)cc(C)n2n1)C(=O)OC. The van der Waals surface area contributed by atoms with Crippen molar-refractivity contribution in [1.82, 2.24) is 24.9 Å². The molecule has 8 nitrogen and oxygen atoms in total. The van der Waals surface area contributed by atoms with Crippen molar-refractivity contribution in [3.05, 3.63) is 23.3 Å². The van der Waals surface area contributed by atoms with Crippen LogP contribution in [0.3, 0.4) is 0 Å². The predicted molar refractivity (Wildman–Crippen MR) is 83.1 cm³/mol. The van der Waals surface area contributed by atoms with E-state index in [1.165, 1.54) is 11.6 Å². The highest BCUT2D eigenvalue weighted by molar-refractivity contribution is 5.95. The lowest BCUT2D eigenvalue weighted by molar-refractivity contribution is -0.147. The second-order valence-corrected chi connectivity index (χ2v) is 5.71. The van der Waals surface area contributed by atoms with Gasteiger partial charge in [0.05, 0.1) is 7.11 Å². The fraction of sp³-hybridized carbons (Fsp3) is 0.533. The first-order valence-corrected chi connectivity index (χ1v) is 7.42. The Labute approximate surface area is 134 Å². The minimum Gasteiger partial charge on any atom is -0.467 e. The summed E-state index contributed by atoms with van der Waals surface area (Å²) in [5, 5.41) is 6.84. The Bertz CT molecular complexity index is 755. The van der Waals surface area contributed by atoms with Crippen LogP contribution in [0.15, 0.2) is 6.07 Å². The normalized spacial score (nSPS) is 13.6. The first-order valence-electron chi connectivity index (χ1n) is 7.42. The van der Waals surface area contributed by atoms with Crippen molar-refractivity contribution < 1.29 is 14.3 Å². The molecule has 0 saturated carbocycles. The van der Waals surface area contributed by atoms with Crippen LogP contribution in [0, 0.1) is 13.8 Å². The Morgan fingerprint density at radius 3 is 2.65 bits per heavy atom. The largest absolute Gasteiger partial charge is 0.467 e. The molecular formula is C15H21N5O3. The van der Waals surface area contributed by atoms with Gasteiger partial charge in [-0.1, -0.05) is 13.3 Å². The highest BCUT2D eigenvalue weighted by atomic mass is 16.5. The number of amides is 1. The number of carbonyl (C=O) groups excluding carboxylic acids is 2. The molecular weight excluding hydrogens is 298 g/mol. The van der Waals surface area contributed by atoms with Crippen LogP contribution in [-0.2, 0) is 9.53 Å². The van der Waals surface area contributed by atoms with E-state index in [9.17, 15) is 9.59 Å². The Morgan fingerprint density at radius 2 is 2.04 bits per heavy atom. The van der Waals surface area contributed by atoms with Crippen LogP contribution >= 0.6 is 0 Å². The monoisotopic (exact) mass is 319 g/mol. The van der Waals surface area contributed by atoms with Crippen LogP contribution in [0.4, 0.5) is 0 Å². The molecule has 2 rings (SSSR count). The number of hydrogen-bond donors (Lipinski definition) is 1. The number of methoxy groups -OCH3 is 1. The molecule has 0 fully saturated rings. The lowest BCUT2D eigenvalue weighted by atomic mass is 9.96. The molecule has 0 spiro atoms. The molecule has 1 unspecified atom stereocenters. The summed E-state index contributed by atoms with van der Waals surface area (Å²) < 4.78 is 6.28. The number of aromatic nitrogens is 4. The van der Waals surface area contributed by atoms with Crippen molar-refractivity contribution in [2.24, 2.45) is 0 Å². The second-order valence-electron chi connectivity index (χ2n) is 5.71. The minimum atomic E-state index is -1.11. The first kappa shape index (κ1) is 16.9. The zero-order valence-electron chi connectivity index (χ0n) is 14.0. The molecule has 2 aromatic heterocycles. The minimum absolute atomic E-state index is 0.0302. The number of rotatable bonds is 5. The standard InChI is InChI=1S/C15H21N5O3/c1-6-7-15(4,13(22)23-5)18-12(21)11-17-14-16-9(2)8-10(3)20(14)19-11/h8H,6-7H2,1-5H3,(H,18,21). The van der Waals surface area contributed by atoms with Crippen molar-refractivity contribution in [3.8, 4) is 0 Å². The van der Waals surface area contributed by atoms with E-state index >= 15 is 0 Å². The molecule has 8 heteroatoms. The number of nitrogens with zero attached hydrogens (tertiary/aromatic N) is 4. The average molecular weight is 319 g/mol. The summed E-state index contributed by atoms with van der Waals surface area (Å²) >= 11 is 0. The van der Waals surface area contributed by atoms with Crippen LogP contribution in [0.2, 0.25) is 0 Å². The summed E-state index contributed by atoms with van der Waals surface area (Å²) in [6, 6.07) is 1.85. The summed E-state index contributed by atoms with van der Waals surface area (Å²) in [7, 11) is 1.29. The predicted octanol–water partition coefficient (Wildman–Crippen LogP) is 1.20. The first-order chi connectivity index (χ1) is 10.8. The van der Waals surface area contributed by atoms with E-state index in [4.69, 9.17) is 4.74 Å². The highest BCUT2D eigenvalue weighted by Gasteiger charge is 2.36. The maximum absolute atomic E-state index is 12.4. The van der Waals surface area contributed by atoms with E-state index in [0.717, 1.165) is 11.4 Å². The summed E-state index contributed by atoms with van der Waals surface area (Å²) in [4.78, 5) is 32.8. The third-order valence-corrected chi connectivity index (χ3v) is 3.60. The number of aryl methyl sites for hydroxylation is 2. The van der Waals surface area contributed by atoms with Crippen molar-refractivity contribution in [3.63, 3.8) is 0 Å². The summed E-state index contributed by atoms with van der Waals surface area (Å²) in [5.74, 6) is -0.712. The molecule has 2 aromatic rings. The van der Waals surface area contributed by atoms with E-state index in [0.29, 0.717) is 18.6 Å². The molecule has 124 valence electrons. The number of carbonyl (C=O) groups is 2. The quantitative estimate of drug-likeness (QED) is 0.832. The van der Waals surface area contributed by atoms with Crippen molar-refractivity contribution in [2.45, 2.75) is 46.1 Å². The van der Waals surface area contributed by atoms with Gasteiger partial charge in [-0.3, -0.25) is 4.79 Å². The third-order valence-electron chi connectivity index (χ3n) is 3.60. The van der Waals surface area contributed by atoms with Gasteiger partial charge >= 0.3 is 5.97 Å². The van der Waals surface area contributed by atoms with E-state index in [1.54, 1.807) is 6.92 Å². The van der Waals surface area contributed by atoms with Crippen LogP contribution in [-0.4, -0.2) is 44.1 Å². The maximum Gasteiger partial charge on any atom is 0.331 e. The van der Waals surface area contributed by atoms with E-state index < -0.39 is 17.4 Å². The number of nitrogens with one attached hydrogen (secondary N) is 1. The molecule has 0 aromatic carbocycles. The number of fused-ring (bicyclic) bond motifs is 1. The molecule has 0 aliphatic rings. The smallest absolute Gasteiger partial charge is 0.331 e. The molecule has 1 atom stereocenters. The van der Waals surface area contributed by atoms with Gasteiger partial charge in [-0.05, 0) is 33.3 Å². The molecule has 0 aliphatic heterocycles. The second kappa shape index (κ2) is 6.31. The fourth-order valence-electron chi connectivity index (χ4n) is 2.51. The maximum atomic E-state index is 12.4. The van der Waals surface area contributed by atoms with Crippen molar-refractivity contribution >= 4 is 17.7 Å². The van der Waals surface area contributed by atoms with Gasteiger partial charge in [0.1, 0.15) is 5.54 Å². The molecule has 0 aliphatic carbocycles. The van der Waals surface area contributed by atoms with Crippen LogP contribution in [0.5, 0.6) is 0 Å². The van der Waals surface area contributed by atoms with E-state index in [2.05, 4.69) is 20.4 Å². The van der Waals surface area contributed by atoms with Crippen LogP contribution in [0.1, 0.15) is 48.7 Å². The van der Waals surface area contributed by atoms with Gasteiger partial charge in [0, 0.05) is 11.4 Å². The molecule has 2 heterocycles. The van der Waals surface area contributed by atoms with Crippen LogP contribution < -0.4 is 5.32 Å². The van der Waals surface area contributed by atoms with Crippen molar-refractivity contribution in [2.75, 3.05) is 7.11 Å². The molecule has 0 bridgehead atoms. The average Bonchev–Trinajstić information content (AvgIpc) is 2.90. The Balaban J connectivity index is 2.33. The van der Waals surface area contributed by atoms with Gasteiger partial charge in [0.2, 0.25) is 5.82 Å². The topological polar surface area (TPSA) is 98.5 Å². The summed E-state index contributed by atoms with van der Waals surface area (Å²) in [6.07, 6.45) is 1.17. The summed E-state index contributed by atoms with van der Waals surface area (Å²) in [5.41, 5.74) is 0.499. The molecule has 23 heavy (non-hydrogen) atoms. The molecule has 0 radical (unpaired) electrons. The van der Waals surface area contributed by atoms with Gasteiger partial charge in [0.25, 0.3) is 11.7 Å². The van der Waals surface area contributed by atoms with E-state index in [1.807, 2.05) is 26.8 Å². The number of hydrogen-bond acceptors (Lipinski definition) is 6. The van der Waals surface area contributed by atoms with Gasteiger partial charge in [-0.25, -0.2) is 14.3 Å². The van der Waals surface area contributed by atoms with Crippen LogP contribution in [0.25, 0.3) is 5.78 Å². The van der Waals surface area contributed by atoms with Gasteiger partial charge in [-0.2, -0.15) is 4.98 Å².